The number of carboxylic acids is 1. The Morgan fingerprint density at radius 2 is 2.25 bits per heavy atom. The van der Waals surface area contributed by atoms with E-state index in [0.29, 0.717) is 16.2 Å². The molecule has 1 aromatic rings. The minimum absolute atomic E-state index is 0.0724. The lowest BCUT2D eigenvalue weighted by atomic mass is 10.1. The zero-order chi connectivity index (χ0) is 12.1. The smallest absolute Gasteiger partial charge is 0.303 e. The second-order valence-corrected chi connectivity index (χ2v) is 3.98. The second kappa shape index (κ2) is 5.75. The van der Waals surface area contributed by atoms with E-state index in [4.69, 9.17) is 9.84 Å². The molecule has 88 valence electrons. The second-order valence-electron chi connectivity index (χ2n) is 3.17. The molecule has 0 spiro atoms. The number of methoxy groups -OCH3 is 1. The Kier molecular flexibility index (Phi) is 4.61. The molecular formula is C11H13FO3S. The number of halogens is 1. The zero-order valence-corrected chi connectivity index (χ0v) is 9.94. The number of aryl methyl sites for hydroxylation is 1. The van der Waals surface area contributed by atoms with Crippen molar-refractivity contribution in [3.8, 4) is 5.75 Å². The van der Waals surface area contributed by atoms with Crippen LogP contribution in [0.2, 0.25) is 0 Å². The Morgan fingerprint density at radius 1 is 1.56 bits per heavy atom. The Labute approximate surface area is 97.6 Å². The SMILES string of the molecule is COc1ccc(CCC(=O)O)c(F)c1SC. The lowest BCUT2D eigenvalue weighted by Gasteiger charge is -2.10. The van der Waals surface area contributed by atoms with Crippen molar-refractivity contribution >= 4 is 17.7 Å². The van der Waals surface area contributed by atoms with Crippen molar-refractivity contribution in [3.63, 3.8) is 0 Å². The first-order valence-electron chi connectivity index (χ1n) is 4.71. The van der Waals surface area contributed by atoms with Gasteiger partial charge in [0.1, 0.15) is 11.6 Å². The van der Waals surface area contributed by atoms with Gasteiger partial charge in [0, 0.05) is 6.42 Å². The predicted molar refractivity (Wildman–Crippen MR) is 60.7 cm³/mol. The molecule has 3 nitrogen and oxygen atoms in total. The van der Waals surface area contributed by atoms with E-state index < -0.39 is 5.97 Å². The highest BCUT2D eigenvalue weighted by Gasteiger charge is 2.13. The van der Waals surface area contributed by atoms with E-state index in [1.165, 1.54) is 18.9 Å². The van der Waals surface area contributed by atoms with Gasteiger partial charge >= 0.3 is 5.97 Å². The van der Waals surface area contributed by atoms with Crippen molar-refractivity contribution in [3.05, 3.63) is 23.5 Å². The van der Waals surface area contributed by atoms with Gasteiger partial charge in [-0.2, -0.15) is 0 Å². The van der Waals surface area contributed by atoms with Crippen molar-refractivity contribution in [2.45, 2.75) is 17.7 Å². The van der Waals surface area contributed by atoms with E-state index in [9.17, 15) is 9.18 Å². The van der Waals surface area contributed by atoms with Gasteiger partial charge < -0.3 is 9.84 Å². The molecule has 0 saturated heterocycles. The van der Waals surface area contributed by atoms with Crippen molar-refractivity contribution in [1.82, 2.24) is 0 Å². The molecule has 0 bridgehead atoms. The van der Waals surface area contributed by atoms with E-state index in [1.807, 2.05) is 0 Å². The van der Waals surface area contributed by atoms with E-state index >= 15 is 0 Å². The van der Waals surface area contributed by atoms with Crippen LogP contribution in [0.1, 0.15) is 12.0 Å². The van der Waals surface area contributed by atoms with Gasteiger partial charge in [0.05, 0.1) is 12.0 Å². The number of thioether (sulfide) groups is 1. The molecule has 0 unspecified atom stereocenters. The number of ether oxygens (including phenoxy) is 1. The van der Waals surface area contributed by atoms with Crippen LogP contribution in [0.25, 0.3) is 0 Å². The molecule has 1 rings (SSSR count). The van der Waals surface area contributed by atoms with Gasteiger partial charge in [-0.25, -0.2) is 4.39 Å². The first kappa shape index (κ1) is 12.8. The molecule has 0 aliphatic rings. The highest BCUT2D eigenvalue weighted by atomic mass is 32.2. The number of hydrogen-bond donors (Lipinski definition) is 1. The van der Waals surface area contributed by atoms with Gasteiger partial charge in [0.25, 0.3) is 0 Å². The van der Waals surface area contributed by atoms with E-state index in [2.05, 4.69) is 0 Å². The average molecular weight is 244 g/mol. The largest absolute Gasteiger partial charge is 0.495 e. The van der Waals surface area contributed by atoms with Crippen LogP contribution < -0.4 is 4.74 Å². The van der Waals surface area contributed by atoms with Crippen LogP contribution >= 0.6 is 11.8 Å². The van der Waals surface area contributed by atoms with Crippen molar-refractivity contribution in [1.29, 1.82) is 0 Å². The van der Waals surface area contributed by atoms with E-state index in [1.54, 1.807) is 18.4 Å². The maximum Gasteiger partial charge on any atom is 0.303 e. The van der Waals surface area contributed by atoms with Gasteiger partial charge in [0.2, 0.25) is 0 Å². The number of benzene rings is 1. The van der Waals surface area contributed by atoms with Gasteiger partial charge in [-0.15, -0.1) is 11.8 Å². The van der Waals surface area contributed by atoms with Crippen molar-refractivity contribution in [2.75, 3.05) is 13.4 Å². The molecule has 0 saturated carbocycles. The monoisotopic (exact) mass is 244 g/mol. The first-order valence-corrected chi connectivity index (χ1v) is 5.93. The number of carboxylic acid groups (broad SMARTS) is 1. The summed E-state index contributed by atoms with van der Waals surface area (Å²) < 4.78 is 18.9. The Morgan fingerprint density at radius 3 is 2.75 bits per heavy atom. The summed E-state index contributed by atoms with van der Waals surface area (Å²) in [6.45, 7) is 0. The summed E-state index contributed by atoms with van der Waals surface area (Å²) in [4.78, 5) is 10.8. The van der Waals surface area contributed by atoms with Crippen LogP contribution in [0.4, 0.5) is 4.39 Å². The molecule has 0 aliphatic heterocycles. The van der Waals surface area contributed by atoms with Crippen LogP contribution in [-0.4, -0.2) is 24.4 Å². The molecule has 1 N–H and O–H groups in total. The lowest BCUT2D eigenvalue weighted by Crippen LogP contribution is -2.01. The minimum Gasteiger partial charge on any atom is -0.495 e. The number of rotatable bonds is 5. The molecule has 0 aromatic heterocycles. The molecule has 0 atom stereocenters. The van der Waals surface area contributed by atoms with Crippen molar-refractivity contribution in [2.24, 2.45) is 0 Å². The molecule has 0 radical (unpaired) electrons. The standard InChI is InChI=1S/C11H13FO3S/c1-15-8-5-3-7(4-6-9(13)14)10(12)11(8)16-2/h3,5H,4,6H2,1-2H3,(H,13,14). The summed E-state index contributed by atoms with van der Waals surface area (Å²) in [6, 6.07) is 3.23. The van der Waals surface area contributed by atoms with Crippen LogP contribution in [0.5, 0.6) is 5.75 Å². The Hall–Kier alpha value is -1.23. The van der Waals surface area contributed by atoms with Gasteiger partial charge in [0.15, 0.2) is 0 Å². The van der Waals surface area contributed by atoms with Crippen LogP contribution in [0.15, 0.2) is 17.0 Å². The van der Waals surface area contributed by atoms with Gasteiger partial charge in [-0.1, -0.05) is 6.07 Å². The molecule has 5 heteroatoms. The van der Waals surface area contributed by atoms with Gasteiger partial charge in [-0.05, 0) is 24.3 Å². The summed E-state index contributed by atoms with van der Waals surface area (Å²) in [6.07, 6.45) is 1.87. The highest BCUT2D eigenvalue weighted by molar-refractivity contribution is 7.98. The molecule has 16 heavy (non-hydrogen) atoms. The summed E-state index contributed by atoms with van der Waals surface area (Å²) >= 11 is 1.25. The highest BCUT2D eigenvalue weighted by Crippen LogP contribution is 2.32. The fourth-order valence-corrected chi connectivity index (χ4v) is 2.03. The summed E-state index contributed by atoms with van der Waals surface area (Å²) in [5.41, 5.74) is 0.410. The zero-order valence-electron chi connectivity index (χ0n) is 9.12. The maximum absolute atomic E-state index is 13.9. The van der Waals surface area contributed by atoms with Crippen LogP contribution in [-0.2, 0) is 11.2 Å². The van der Waals surface area contributed by atoms with Crippen molar-refractivity contribution < 1.29 is 19.0 Å². The molecule has 0 heterocycles. The lowest BCUT2D eigenvalue weighted by molar-refractivity contribution is -0.136. The summed E-state index contributed by atoms with van der Waals surface area (Å²) in [5.74, 6) is -0.835. The molecule has 1 aromatic carbocycles. The maximum atomic E-state index is 13.9. The fraction of sp³-hybridized carbons (Fsp3) is 0.364. The quantitative estimate of drug-likeness (QED) is 0.809. The fourth-order valence-electron chi connectivity index (χ4n) is 1.36. The summed E-state index contributed by atoms with van der Waals surface area (Å²) in [7, 11) is 1.48. The molecular weight excluding hydrogens is 231 g/mol. The number of aliphatic carboxylic acids is 1. The third kappa shape index (κ3) is 2.88. The minimum atomic E-state index is -0.930. The van der Waals surface area contributed by atoms with E-state index in [0.717, 1.165) is 0 Å². The Balaban J connectivity index is 2.99. The molecule has 0 fully saturated rings. The third-order valence-electron chi connectivity index (χ3n) is 2.17. The van der Waals surface area contributed by atoms with Gasteiger partial charge in [-0.3, -0.25) is 4.79 Å². The molecule has 0 amide bonds. The average Bonchev–Trinajstić information content (AvgIpc) is 2.26. The first-order chi connectivity index (χ1) is 7.60. The van der Waals surface area contributed by atoms with E-state index in [-0.39, 0.29) is 18.7 Å². The topological polar surface area (TPSA) is 46.5 Å². The molecule has 0 aliphatic carbocycles. The predicted octanol–water partition coefficient (Wildman–Crippen LogP) is 2.57. The Bertz CT molecular complexity index is 393. The normalized spacial score (nSPS) is 10.2. The summed E-state index contributed by atoms with van der Waals surface area (Å²) in [5, 5.41) is 8.54. The number of carbonyl (C=O) groups is 1. The third-order valence-corrected chi connectivity index (χ3v) is 2.96. The van der Waals surface area contributed by atoms with Crippen LogP contribution in [0, 0.1) is 5.82 Å². The van der Waals surface area contributed by atoms with Crippen LogP contribution in [0.3, 0.4) is 0 Å². The number of hydrogen-bond acceptors (Lipinski definition) is 3.